The predicted molar refractivity (Wildman–Crippen MR) is 76.6 cm³/mol. The lowest BCUT2D eigenvalue weighted by Gasteiger charge is -2.25. The molecule has 2 unspecified atom stereocenters. The number of hydrogen-bond acceptors (Lipinski definition) is 5. The van der Waals surface area contributed by atoms with E-state index in [1.165, 1.54) is 6.26 Å². The molecule has 108 valence electrons. The summed E-state index contributed by atoms with van der Waals surface area (Å²) < 4.78 is 29.1. The van der Waals surface area contributed by atoms with Crippen LogP contribution in [0.2, 0.25) is 0 Å². The van der Waals surface area contributed by atoms with E-state index in [1.807, 2.05) is 38.1 Å². The monoisotopic (exact) mass is 286 g/mol. The third kappa shape index (κ3) is 4.19. The SMILES string of the molecule is CC(C)Oc1ccccc1C(NN)C(C)S(C)(=O)=O. The van der Waals surface area contributed by atoms with Gasteiger partial charge in [-0.2, -0.15) is 0 Å². The molecule has 0 fully saturated rings. The van der Waals surface area contributed by atoms with E-state index in [0.29, 0.717) is 5.75 Å². The van der Waals surface area contributed by atoms with Gasteiger partial charge in [0.2, 0.25) is 0 Å². The number of benzene rings is 1. The van der Waals surface area contributed by atoms with Crippen LogP contribution >= 0.6 is 0 Å². The Bertz CT molecular complexity index is 514. The molecule has 3 N–H and O–H groups in total. The minimum atomic E-state index is -3.21. The Hall–Kier alpha value is -1.11. The van der Waals surface area contributed by atoms with E-state index < -0.39 is 21.1 Å². The zero-order valence-corrected chi connectivity index (χ0v) is 12.6. The molecule has 0 bridgehead atoms. The Balaban J connectivity index is 3.18. The summed E-state index contributed by atoms with van der Waals surface area (Å²) in [5, 5.41) is -0.644. The molecule has 0 heterocycles. The summed E-state index contributed by atoms with van der Waals surface area (Å²) in [4.78, 5) is 0. The smallest absolute Gasteiger partial charge is 0.151 e. The minimum Gasteiger partial charge on any atom is -0.491 e. The van der Waals surface area contributed by atoms with Gasteiger partial charge in [0.25, 0.3) is 0 Å². The standard InChI is InChI=1S/C13H22N2O3S/c1-9(2)18-12-8-6-5-7-11(12)13(15-14)10(3)19(4,16)17/h5-10,13,15H,14H2,1-4H3. The first-order chi connectivity index (χ1) is 8.77. The van der Waals surface area contributed by atoms with Crippen molar-refractivity contribution in [3.63, 3.8) is 0 Å². The van der Waals surface area contributed by atoms with E-state index in [1.54, 1.807) is 6.92 Å². The van der Waals surface area contributed by atoms with Crippen molar-refractivity contribution >= 4 is 9.84 Å². The van der Waals surface area contributed by atoms with E-state index in [0.717, 1.165) is 5.56 Å². The number of rotatable bonds is 6. The van der Waals surface area contributed by atoms with Gasteiger partial charge in [-0.3, -0.25) is 11.3 Å². The first-order valence-corrected chi connectivity index (χ1v) is 8.13. The van der Waals surface area contributed by atoms with Gasteiger partial charge in [0, 0.05) is 11.8 Å². The Labute approximate surface area is 115 Å². The maximum atomic E-state index is 11.7. The second-order valence-corrected chi connectivity index (χ2v) is 7.29. The molecule has 0 aromatic heterocycles. The highest BCUT2D eigenvalue weighted by atomic mass is 32.2. The zero-order chi connectivity index (χ0) is 14.6. The van der Waals surface area contributed by atoms with Crippen molar-refractivity contribution in [2.45, 2.75) is 38.2 Å². The molecule has 19 heavy (non-hydrogen) atoms. The van der Waals surface area contributed by atoms with Gasteiger partial charge < -0.3 is 4.74 Å². The summed E-state index contributed by atoms with van der Waals surface area (Å²) in [7, 11) is -3.21. The molecule has 1 aromatic carbocycles. The van der Waals surface area contributed by atoms with E-state index in [2.05, 4.69) is 5.43 Å². The van der Waals surface area contributed by atoms with Gasteiger partial charge in [-0.05, 0) is 26.8 Å². The molecule has 2 atom stereocenters. The number of hydrazine groups is 1. The zero-order valence-electron chi connectivity index (χ0n) is 11.8. The van der Waals surface area contributed by atoms with E-state index in [4.69, 9.17) is 10.6 Å². The Kier molecular flexibility index (Phi) is 5.34. The van der Waals surface area contributed by atoms with Crippen LogP contribution in [0.1, 0.15) is 32.4 Å². The second kappa shape index (κ2) is 6.36. The molecular formula is C13H22N2O3S. The van der Waals surface area contributed by atoms with Gasteiger partial charge in [-0.25, -0.2) is 8.42 Å². The molecule has 6 heteroatoms. The quantitative estimate of drug-likeness (QED) is 0.610. The Morgan fingerprint density at radius 1 is 1.21 bits per heavy atom. The molecule has 0 spiro atoms. The summed E-state index contributed by atoms with van der Waals surface area (Å²) >= 11 is 0. The first kappa shape index (κ1) is 15.9. The van der Waals surface area contributed by atoms with Gasteiger partial charge in [0.1, 0.15) is 5.75 Å². The van der Waals surface area contributed by atoms with Crippen molar-refractivity contribution in [3.8, 4) is 5.75 Å². The highest BCUT2D eigenvalue weighted by molar-refractivity contribution is 7.91. The average Bonchev–Trinajstić information content (AvgIpc) is 2.30. The first-order valence-electron chi connectivity index (χ1n) is 6.18. The van der Waals surface area contributed by atoms with Gasteiger partial charge >= 0.3 is 0 Å². The third-order valence-electron chi connectivity index (χ3n) is 2.94. The van der Waals surface area contributed by atoms with Crippen LogP contribution in [0.4, 0.5) is 0 Å². The largest absolute Gasteiger partial charge is 0.491 e. The van der Waals surface area contributed by atoms with Gasteiger partial charge in [-0.15, -0.1) is 0 Å². The maximum absolute atomic E-state index is 11.7. The summed E-state index contributed by atoms with van der Waals surface area (Å²) in [5.74, 6) is 6.18. The van der Waals surface area contributed by atoms with Crippen LogP contribution in [-0.2, 0) is 9.84 Å². The molecule has 0 aliphatic heterocycles. The van der Waals surface area contributed by atoms with Crippen LogP contribution in [-0.4, -0.2) is 26.0 Å². The molecule has 1 aromatic rings. The molecule has 0 aliphatic carbocycles. The van der Waals surface area contributed by atoms with Gasteiger partial charge in [-0.1, -0.05) is 18.2 Å². The maximum Gasteiger partial charge on any atom is 0.151 e. The van der Waals surface area contributed by atoms with Gasteiger partial charge in [0.05, 0.1) is 17.4 Å². The normalized spacial score (nSPS) is 15.3. The molecule has 5 nitrogen and oxygen atoms in total. The number of hydrogen-bond donors (Lipinski definition) is 2. The fraction of sp³-hybridized carbons (Fsp3) is 0.538. The van der Waals surface area contributed by atoms with Crippen LogP contribution in [0.5, 0.6) is 5.75 Å². The molecule has 0 amide bonds. The van der Waals surface area contributed by atoms with Crippen LogP contribution in [0, 0.1) is 0 Å². The summed E-state index contributed by atoms with van der Waals surface area (Å²) in [6.07, 6.45) is 1.21. The van der Waals surface area contributed by atoms with E-state index >= 15 is 0 Å². The fourth-order valence-corrected chi connectivity index (χ4v) is 2.54. The van der Waals surface area contributed by atoms with Crippen LogP contribution in [0.15, 0.2) is 24.3 Å². The topological polar surface area (TPSA) is 81.4 Å². The third-order valence-corrected chi connectivity index (χ3v) is 4.56. The average molecular weight is 286 g/mol. The lowest BCUT2D eigenvalue weighted by Crippen LogP contribution is -2.39. The highest BCUT2D eigenvalue weighted by Crippen LogP contribution is 2.29. The fourth-order valence-electron chi connectivity index (χ4n) is 1.82. The Morgan fingerprint density at radius 3 is 2.26 bits per heavy atom. The van der Waals surface area contributed by atoms with Crippen LogP contribution in [0.25, 0.3) is 0 Å². The minimum absolute atomic E-state index is 0.00751. The lowest BCUT2D eigenvalue weighted by atomic mass is 10.0. The summed E-state index contributed by atoms with van der Waals surface area (Å²) in [6.45, 7) is 5.47. The van der Waals surface area contributed by atoms with E-state index in [-0.39, 0.29) is 6.10 Å². The van der Waals surface area contributed by atoms with Crippen molar-refractivity contribution in [2.75, 3.05) is 6.26 Å². The lowest BCUT2D eigenvalue weighted by molar-refractivity contribution is 0.237. The molecular weight excluding hydrogens is 264 g/mol. The number of sulfone groups is 1. The van der Waals surface area contributed by atoms with Crippen molar-refractivity contribution in [3.05, 3.63) is 29.8 Å². The van der Waals surface area contributed by atoms with Crippen LogP contribution < -0.4 is 16.0 Å². The van der Waals surface area contributed by atoms with Crippen molar-refractivity contribution < 1.29 is 13.2 Å². The van der Waals surface area contributed by atoms with E-state index in [9.17, 15) is 8.42 Å². The molecule has 0 saturated heterocycles. The summed E-state index contributed by atoms with van der Waals surface area (Å²) in [6, 6.07) is 6.81. The van der Waals surface area contributed by atoms with Crippen molar-refractivity contribution in [1.29, 1.82) is 0 Å². The van der Waals surface area contributed by atoms with Crippen LogP contribution in [0.3, 0.4) is 0 Å². The number of ether oxygens (including phenoxy) is 1. The second-order valence-electron chi connectivity index (χ2n) is 4.88. The Morgan fingerprint density at radius 2 is 1.79 bits per heavy atom. The molecule has 0 radical (unpaired) electrons. The number of nitrogens with one attached hydrogen (secondary N) is 1. The number of para-hydroxylation sites is 1. The van der Waals surface area contributed by atoms with Crippen molar-refractivity contribution in [1.82, 2.24) is 5.43 Å². The summed E-state index contributed by atoms with van der Waals surface area (Å²) in [5.41, 5.74) is 3.33. The predicted octanol–water partition coefficient (Wildman–Crippen LogP) is 1.41. The number of nitrogens with two attached hydrogens (primary N) is 1. The van der Waals surface area contributed by atoms with Crippen molar-refractivity contribution in [2.24, 2.45) is 5.84 Å². The molecule has 1 rings (SSSR count). The highest BCUT2D eigenvalue weighted by Gasteiger charge is 2.28. The molecule has 0 aliphatic rings. The molecule has 0 saturated carbocycles. The van der Waals surface area contributed by atoms with Gasteiger partial charge in [0.15, 0.2) is 9.84 Å².